The van der Waals surface area contributed by atoms with Gasteiger partial charge in [0, 0.05) is 5.92 Å². The van der Waals surface area contributed by atoms with Crippen molar-refractivity contribution in [2.45, 2.75) is 12.8 Å². The SMILES string of the molecule is COc1ccc(C[C@H]2C(=O)OC[C@@H]2Cc2ccc3c(c2)OCO3)cc1OC. The number of methoxy groups -OCH3 is 2. The van der Waals surface area contributed by atoms with E-state index in [1.807, 2.05) is 36.4 Å². The highest BCUT2D eigenvalue weighted by atomic mass is 16.7. The molecule has 0 spiro atoms. The molecule has 2 aliphatic rings. The van der Waals surface area contributed by atoms with Crippen molar-refractivity contribution in [1.29, 1.82) is 0 Å². The van der Waals surface area contributed by atoms with Gasteiger partial charge >= 0.3 is 5.97 Å². The minimum Gasteiger partial charge on any atom is -0.493 e. The van der Waals surface area contributed by atoms with Crippen LogP contribution >= 0.6 is 0 Å². The Balaban J connectivity index is 1.50. The largest absolute Gasteiger partial charge is 0.493 e. The van der Waals surface area contributed by atoms with E-state index in [1.165, 1.54) is 0 Å². The van der Waals surface area contributed by atoms with Gasteiger partial charge in [-0.05, 0) is 48.2 Å². The Labute approximate surface area is 157 Å². The minimum atomic E-state index is -0.187. The monoisotopic (exact) mass is 370 g/mol. The second kappa shape index (κ2) is 7.39. The lowest BCUT2D eigenvalue weighted by Gasteiger charge is -2.16. The Morgan fingerprint density at radius 1 is 0.889 bits per heavy atom. The Kier molecular flexibility index (Phi) is 4.79. The smallest absolute Gasteiger partial charge is 0.309 e. The number of ether oxygens (including phenoxy) is 5. The number of fused-ring (bicyclic) bond motifs is 1. The molecule has 2 aliphatic heterocycles. The summed E-state index contributed by atoms with van der Waals surface area (Å²) >= 11 is 0. The van der Waals surface area contributed by atoms with E-state index in [9.17, 15) is 4.79 Å². The summed E-state index contributed by atoms with van der Waals surface area (Å²) in [6.45, 7) is 0.691. The molecular formula is C21H22O6. The van der Waals surface area contributed by atoms with Crippen molar-refractivity contribution >= 4 is 5.97 Å². The molecule has 0 amide bonds. The highest BCUT2D eigenvalue weighted by Crippen LogP contribution is 2.36. The van der Waals surface area contributed by atoms with E-state index in [2.05, 4.69) is 0 Å². The zero-order valence-corrected chi connectivity index (χ0v) is 15.4. The molecule has 0 aromatic heterocycles. The number of carbonyl (C=O) groups excluding carboxylic acids is 1. The third kappa shape index (κ3) is 3.52. The molecule has 1 saturated heterocycles. The third-order valence-corrected chi connectivity index (χ3v) is 5.15. The van der Waals surface area contributed by atoms with Crippen molar-refractivity contribution < 1.29 is 28.5 Å². The van der Waals surface area contributed by atoms with Crippen LogP contribution in [0, 0.1) is 11.8 Å². The standard InChI is InChI=1S/C21H22O6/c1-23-17-5-3-14(9-19(17)24-2)8-16-15(11-25-21(16)22)7-13-4-6-18-20(10-13)27-12-26-18/h3-6,9-10,15-16H,7-8,11-12H2,1-2H3/t15-,16+/m0/s1. The van der Waals surface area contributed by atoms with Crippen LogP contribution in [0.15, 0.2) is 36.4 Å². The molecular weight excluding hydrogens is 348 g/mol. The fraction of sp³-hybridized carbons (Fsp3) is 0.381. The van der Waals surface area contributed by atoms with Crippen LogP contribution in [0.5, 0.6) is 23.0 Å². The number of benzene rings is 2. The van der Waals surface area contributed by atoms with Crippen LogP contribution in [-0.4, -0.2) is 33.6 Å². The Morgan fingerprint density at radius 3 is 2.44 bits per heavy atom. The van der Waals surface area contributed by atoms with Gasteiger partial charge in [0.15, 0.2) is 23.0 Å². The minimum absolute atomic E-state index is 0.117. The first-order chi connectivity index (χ1) is 13.2. The number of rotatable bonds is 6. The van der Waals surface area contributed by atoms with Gasteiger partial charge in [0.25, 0.3) is 0 Å². The van der Waals surface area contributed by atoms with E-state index in [1.54, 1.807) is 14.2 Å². The van der Waals surface area contributed by atoms with Gasteiger partial charge in [-0.25, -0.2) is 0 Å². The van der Waals surface area contributed by atoms with Gasteiger partial charge in [-0.15, -0.1) is 0 Å². The molecule has 2 aromatic rings. The van der Waals surface area contributed by atoms with Crippen molar-refractivity contribution in [3.8, 4) is 23.0 Å². The number of cyclic esters (lactones) is 1. The van der Waals surface area contributed by atoms with E-state index in [0.29, 0.717) is 24.5 Å². The maximum atomic E-state index is 12.3. The second-order valence-corrected chi connectivity index (χ2v) is 6.78. The van der Waals surface area contributed by atoms with Crippen molar-refractivity contribution in [3.05, 3.63) is 47.5 Å². The molecule has 0 saturated carbocycles. The summed E-state index contributed by atoms with van der Waals surface area (Å²) in [6, 6.07) is 11.7. The van der Waals surface area contributed by atoms with Crippen molar-refractivity contribution in [1.82, 2.24) is 0 Å². The second-order valence-electron chi connectivity index (χ2n) is 6.78. The molecule has 142 valence electrons. The van der Waals surface area contributed by atoms with Crippen LogP contribution in [-0.2, 0) is 22.4 Å². The topological polar surface area (TPSA) is 63.2 Å². The quantitative estimate of drug-likeness (QED) is 0.729. The average Bonchev–Trinajstić information content (AvgIpc) is 3.29. The first-order valence-corrected chi connectivity index (χ1v) is 8.94. The lowest BCUT2D eigenvalue weighted by Crippen LogP contribution is -2.20. The fourth-order valence-electron chi connectivity index (χ4n) is 3.69. The van der Waals surface area contributed by atoms with Crippen LogP contribution in [0.3, 0.4) is 0 Å². The normalized spacial score (nSPS) is 20.4. The van der Waals surface area contributed by atoms with Gasteiger partial charge in [0.1, 0.15) is 0 Å². The summed E-state index contributed by atoms with van der Waals surface area (Å²) in [5.74, 6) is 2.64. The van der Waals surface area contributed by atoms with Crippen molar-refractivity contribution in [3.63, 3.8) is 0 Å². The Hall–Kier alpha value is -2.89. The first-order valence-electron chi connectivity index (χ1n) is 8.94. The van der Waals surface area contributed by atoms with Gasteiger partial charge in [-0.3, -0.25) is 4.79 Å². The molecule has 0 N–H and O–H groups in total. The van der Waals surface area contributed by atoms with E-state index in [0.717, 1.165) is 29.0 Å². The molecule has 0 bridgehead atoms. The summed E-state index contributed by atoms with van der Waals surface area (Å²) in [5.41, 5.74) is 2.13. The lowest BCUT2D eigenvalue weighted by atomic mass is 9.85. The van der Waals surface area contributed by atoms with Crippen molar-refractivity contribution in [2.75, 3.05) is 27.6 Å². The zero-order chi connectivity index (χ0) is 18.8. The van der Waals surface area contributed by atoms with E-state index in [4.69, 9.17) is 23.7 Å². The molecule has 2 heterocycles. The summed E-state index contributed by atoms with van der Waals surface area (Å²) < 4.78 is 26.8. The molecule has 6 nitrogen and oxygen atoms in total. The van der Waals surface area contributed by atoms with Crippen LogP contribution in [0.2, 0.25) is 0 Å². The van der Waals surface area contributed by atoms with Crippen LogP contribution in [0.25, 0.3) is 0 Å². The fourth-order valence-corrected chi connectivity index (χ4v) is 3.69. The number of hydrogen-bond acceptors (Lipinski definition) is 6. The van der Waals surface area contributed by atoms with Crippen LogP contribution < -0.4 is 18.9 Å². The van der Waals surface area contributed by atoms with E-state index < -0.39 is 0 Å². The summed E-state index contributed by atoms with van der Waals surface area (Å²) in [7, 11) is 3.21. The molecule has 0 aliphatic carbocycles. The van der Waals surface area contributed by atoms with E-state index in [-0.39, 0.29) is 24.6 Å². The maximum absolute atomic E-state index is 12.3. The first kappa shape index (κ1) is 17.5. The molecule has 0 unspecified atom stereocenters. The predicted octanol–water partition coefficient (Wildman–Crippen LogP) is 3.01. The molecule has 2 aromatic carbocycles. The maximum Gasteiger partial charge on any atom is 0.309 e. The number of carbonyl (C=O) groups is 1. The average molecular weight is 370 g/mol. The molecule has 4 rings (SSSR count). The highest BCUT2D eigenvalue weighted by molar-refractivity contribution is 5.75. The highest BCUT2D eigenvalue weighted by Gasteiger charge is 2.37. The number of esters is 1. The van der Waals surface area contributed by atoms with Gasteiger partial charge < -0.3 is 23.7 Å². The summed E-state index contributed by atoms with van der Waals surface area (Å²) in [5, 5.41) is 0. The molecule has 2 atom stereocenters. The lowest BCUT2D eigenvalue weighted by molar-refractivity contribution is -0.141. The van der Waals surface area contributed by atoms with Crippen molar-refractivity contribution in [2.24, 2.45) is 11.8 Å². The van der Waals surface area contributed by atoms with Gasteiger partial charge in [-0.2, -0.15) is 0 Å². The molecule has 6 heteroatoms. The Morgan fingerprint density at radius 2 is 1.63 bits per heavy atom. The van der Waals surface area contributed by atoms with Crippen LogP contribution in [0.4, 0.5) is 0 Å². The van der Waals surface area contributed by atoms with Crippen LogP contribution in [0.1, 0.15) is 11.1 Å². The summed E-state index contributed by atoms with van der Waals surface area (Å²) in [4.78, 5) is 12.3. The Bertz CT molecular complexity index is 847. The molecule has 27 heavy (non-hydrogen) atoms. The zero-order valence-electron chi connectivity index (χ0n) is 15.4. The predicted molar refractivity (Wildman–Crippen MR) is 97.5 cm³/mol. The number of hydrogen-bond donors (Lipinski definition) is 0. The molecule has 0 radical (unpaired) electrons. The third-order valence-electron chi connectivity index (χ3n) is 5.15. The van der Waals surface area contributed by atoms with E-state index >= 15 is 0 Å². The molecule has 1 fully saturated rings. The van der Waals surface area contributed by atoms with Gasteiger partial charge in [-0.1, -0.05) is 12.1 Å². The van der Waals surface area contributed by atoms with Gasteiger partial charge in [0.05, 0.1) is 26.7 Å². The van der Waals surface area contributed by atoms with Gasteiger partial charge in [0.2, 0.25) is 6.79 Å². The summed E-state index contributed by atoms with van der Waals surface area (Å²) in [6.07, 6.45) is 1.36.